The number of nitrogens with two attached hydrogens (primary N) is 1. The van der Waals surface area contributed by atoms with Gasteiger partial charge in [-0.25, -0.2) is 0 Å². The molecular formula is C20H22N2O3. The van der Waals surface area contributed by atoms with E-state index in [1.807, 2.05) is 49.4 Å². The first-order chi connectivity index (χ1) is 12.2. The Morgan fingerprint density at radius 3 is 2.68 bits per heavy atom. The molecule has 1 heterocycles. The van der Waals surface area contributed by atoms with Gasteiger partial charge in [0.25, 0.3) is 5.56 Å². The fourth-order valence-corrected chi connectivity index (χ4v) is 2.97. The minimum absolute atomic E-state index is 0.0699. The highest BCUT2D eigenvalue weighted by molar-refractivity contribution is 5.81. The van der Waals surface area contributed by atoms with Gasteiger partial charge in [-0.3, -0.25) is 9.36 Å². The lowest BCUT2D eigenvalue weighted by molar-refractivity contribution is 0.127. The molecule has 130 valence electrons. The van der Waals surface area contributed by atoms with Gasteiger partial charge in [-0.05, 0) is 41.6 Å². The van der Waals surface area contributed by atoms with Crippen LogP contribution >= 0.6 is 0 Å². The quantitative estimate of drug-likeness (QED) is 0.702. The highest BCUT2D eigenvalue weighted by atomic mass is 16.5. The summed E-state index contributed by atoms with van der Waals surface area (Å²) < 4.78 is 12.7. The fourth-order valence-electron chi connectivity index (χ4n) is 2.97. The van der Waals surface area contributed by atoms with Crippen molar-refractivity contribution in [3.8, 4) is 11.4 Å². The highest BCUT2D eigenvalue weighted by Crippen LogP contribution is 2.29. The van der Waals surface area contributed by atoms with Gasteiger partial charge in [-0.15, -0.1) is 0 Å². The van der Waals surface area contributed by atoms with Crippen molar-refractivity contribution in [3.05, 3.63) is 70.1 Å². The summed E-state index contributed by atoms with van der Waals surface area (Å²) >= 11 is 0. The van der Waals surface area contributed by atoms with Crippen molar-refractivity contribution in [2.24, 2.45) is 5.73 Å². The zero-order valence-corrected chi connectivity index (χ0v) is 14.5. The first kappa shape index (κ1) is 17.2. The predicted molar refractivity (Wildman–Crippen MR) is 99.5 cm³/mol. The molecule has 3 aromatic rings. The van der Waals surface area contributed by atoms with Crippen molar-refractivity contribution in [2.45, 2.75) is 13.5 Å². The van der Waals surface area contributed by atoms with Crippen LogP contribution in [0.5, 0.6) is 5.75 Å². The SMILES string of the molecule is COc1ccc(COCCN)c(C)c1-n1ccc2ccccc2c1=O. The maximum atomic E-state index is 13.0. The molecule has 0 bridgehead atoms. The molecule has 25 heavy (non-hydrogen) atoms. The smallest absolute Gasteiger partial charge is 0.263 e. The molecule has 0 saturated carbocycles. The summed E-state index contributed by atoms with van der Waals surface area (Å²) in [5, 5.41) is 1.60. The lowest BCUT2D eigenvalue weighted by atomic mass is 10.1. The van der Waals surface area contributed by atoms with Gasteiger partial charge in [0.1, 0.15) is 5.75 Å². The van der Waals surface area contributed by atoms with Crippen LogP contribution in [0.1, 0.15) is 11.1 Å². The number of fused-ring (bicyclic) bond motifs is 1. The summed E-state index contributed by atoms with van der Waals surface area (Å²) in [6.07, 6.45) is 1.79. The average Bonchev–Trinajstić information content (AvgIpc) is 2.64. The van der Waals surface area contributed by atoms with Crippen LogP contribution in [0.15, 0.2) is 53.5 Å². The Kier molecular flexibility index (Phi) is 5.16. The third-order valence-electron chi connectivity index (χ3n) is 4.30. The van der Waals surface area contributed by atoms with Gasteiger partial charge >= 0.3 is 0 Å². The van der Waals surface area contributed by atoms with E-state index in [0.29, 0.717) is 30.9 Å². The van der Waals surface area contributed by atoms with Gasteiger partial charge in [0.15, 0.2) is 0 Å². The summed E-state index contributed by atoms with van der Waals surface area (Å²) in [6, 6.07) is 13.3. The topological polar surface area (TPSA) is 66.5 Å². The molecule has 2 N–H and O–H groups in total. The van der Waals surface area contributed by atoms with Crippen molar-refractivity contribution in [2.75, 3.05) is 20.3 Å². The number of rotatable bonds is 6. The minimum atomic E-state index is -0.0699. The van der Waals surface area contributed by atoms with E-state index >= 15 is 0 Å². The van der Waals surface area contributed by atoms with Crippen LogP contribution in [0.2, 0.25) is 0 Å². The number of hydrogen-bond acceptors (Lipinski definition) is 4. The lowest BCUT2D eigenvalue weighted by Gasteiger charge is -2.17. The number of benzene rings is 2. The van der Waals surface area contributed by atoms with Crippen molar-refractivity contribution >= 4 is 10.8 Å². The van der Waals surface area contributed by atoms with Gasteiger partial charge in [0.2, 0.25) is 0 Å². The summed E-state index contributed by atoms with van der Waals surface area (Å²) in [6.45, 7) is 3.39. The zero-order valence-electron chi connectivity index (χ0n) is 14.5. The second kappa shape index (κ2) is 7.51. The average molecular weight is 338 g/mol. The Hall–Kier alpha value is -2.63. The molecular weight excluding hydrogens is 316 g/mol. The van der Waals surface area contributed by atoms with Crippen LogP contribution in [0.4, 0.5) is 0 Å². The molecule has 0 aliphatic carbocycles. The van der Waals surface area contributed by atoms with E-state index in [-0.39, 0.29) is 5.56 Å². The molecule has 1 aromatic heterocycles. The van der Waals surface area contributed by atoms with Gasteiger partial charge in [0.05, 0.1) is 26.0 Å². The Bertz CT molecular complexity index is 947. The molecule has 0 atom stereocenters. The number of pyridine rings is 1. The van der Waals surface area contributed by atoms with Crippen LogP contribution in [-0.2, 0) is 11.3 Å². The van der Waals surface area contributed by atoms with E-state index in [1.54, 1.807) is 17.9 Å². The van der Waals surface area contributed by atoms with Crippen LogP contribution in [-0.4, -0.2) is 24.8 Å². The molecule has 5 nitrogen and oxygen atoms in total. The number of methoxy groups -OCH3 is 1. The molecule has 3 rings (SSSR count). The van der Waals surface area contributed by atoms with Crippen LogP contribution in [0.25, 0.3) is 16.5 Å². The monoisotopic (exact) mass is 338 g/mol. The van der Waals surface area contributed by atoms with Gasteiger partial charge < -0.3 is 15.2 Å². The molecule has 0 aliphatic heterocycles. The molecule has 0 unspecified atom stereocenters. The Morgan fingerprint density at radius 2 is 1.92 bits per heavy atom. The predicted octanol–water partition coefficient (Wildman–Crippen LogP) is 2.78. The summed E-state index contributed by atoms with van der Waals surface area (Å²) in [5.74, 6) is 0.650. The second-order valence-corrected chi connectivity index (χ2v) is 5.82. The molecule has 0 fully saturated rings. The lowest BCUT2D eigenvalue weighted by Crippen LogP contribution is -2.20. The van der Waals surface area contributed by atoms with E-state index in [9.17, 15) is 4.79 Å². The maximum Gasteiger partial charge on any atom is 0.263 e. The van der Waals surface area contributed by atoms with E-state index in [4.69, 9.17) is 15.2 Å². The van der Waals surface area contributed by atoms with Crippen molar-refractivity contribution in [1.29, 1.82) is 0 Å². The summed E-state index contributed by atoms with van der Waals surface area (Å²) in [7, 11) is 1.61. The number of ether oxygens (including phenoxy) is 2. The Morgan fingerprint density at radius 1 is 1.12 bits per heavy atom. The molecule has 0 saturated heterocycles. The second-order valence-electron chi connectivity index (χ2n) is 5.82. The molecule has 0 aliphatic rings. The zero-order chi connectivity index (χ0) is 17.8. The van der Waals surface area contributed by atoms with E-state index in [2.05, 4.69) is 0 Å². The summed E-state index contributed by atoms with van der Waals surface area (Å²) in [4.78, 5) is 13.0. The maximum absolute atomic E-state index is 13.0. The minimum Gasteiger partial charge on any atom is -0.495 e. The fraction of sp³-hybridized carbons (Fsp3) is 0.250. The van der Waals surface area contributed by atoms with Gasteiger partial charge in [0, 0.05) is 18.1 Å². The first-order valence-electron chi connectivity index (χ1n) is 8.22. The van der Waals surface area contributed by atoms with Crippen LogP contribution in [0.3, 0.4) is 0 Å². The molecule has 0 spiro atoms. The molecule has 0 amide bonds. The van der Waals surface area contributed by atoms with Gasteiger partial charge in [-0.1, -0.05) is 24.3 Å². The molecule has 5 heteroatoms. The standard InChI is InChI=1S/C20H22N2O3/c1-14-16(13-25-12-10-21)7-8-18(24-2)19(14)22-11-9-15-5-3-4-6-17(15)20(22)23/h3-9,11H,10,12-13,21H2,1-2H3. The molecule has 0 radical (unpaired) electrons. The normalized spacial score (nSPS) is 11.0. The van der Waals surface area contributed by atoms with E-state index in [1.165, 1.54) is 0 Å². The third kappa shape index (κ3) is 3.29. The Balaban J connectivity index is 2.17. The first-order valence-corrected chi connectivity index (χ1v) is 8.22. The number of nitrogens with zero attached hydrogens (tertiary/aromatic N) is 1. The Labute approximate surface area is 146 Å². The van der Waals surface area contributed by atoms with Crippen LogP contribution in [0, 0.1) is 6.92 Å². The highest BCUT2D eigenvalue weighted by Gasteiger charge is 2.15. The van der Waals surface area contributed by atoms with Gasteiger partial charge in [-0.2, -0.15) is 0 Å². The molecule has 2 aromatic carbocycles. The van der Waals surface area contributed by atoms with E-state index in [0.717, 1.165) is 22.2 Å². The summed E-state index contributed by atoms with van der Waals surface area (Å²) in [5.41, 5.74) is 8.11. The van der Waals surface area contributed by atoms with Crippen molar-refractivity contribution in [3.63, 3.8) is 0 Å². The third-order valence-corrected chi connectivity index (χ3v) is 4.30. The number of aromatic nitrogens is 1. The van der Waals surface area contributed by atoms with Crippen molar-refractivity contribution < 1.29 is 9.47 Å². The largest absolute Gasteiger partial charge is 0.495 e. The van der Waals surface area contributed by atoms with Crippen LogP contribution < -0.4 is 16.0 Å². The number of hydrogen-bond donors (Lipinski definition) is 1. The van der Waals surface area contributed by atoms with E-state index < -0.39 is 0 Å². The van der Waals surface area contributed by atoms with Crippen molar-refractivity contribution in [1.82, 2.24) is 4.57 Å².